The molecule has 0 saturated heterocycles. The number of phenols is 1. The van der Waals surface area contributed by atoms with E-state index in [0.717, 1.165) is 6.42 Å². The summed E-state index contributed by atoms with van der Waals surface area (Å²) in [5, 5.41) is 20.0. The van der Waals surface area contributed by atoms with Crippen molar-refractivity contribution in [2.24, 2.45) is 11.7 Å². The van der Waals surface area contributed by atoms with Crippen LogP contribution in [0.4, 0.5) is 0 Å². The molecule has 3 atom stereocenters. The summed E-state index contributed by atoms with van der Waals surface area (Å²) in [7, 11) is 0. The van der Waals surface area contributed by atoms with Crippen LogP contribution >= 0.6 is 24.0 Å². The number of benzene rings is 1. The lowest BCUT2D eigenvalue weighted by Crippen LogP contribution is -2.31. The summed E-state index contributed by atoms with van der Waals surface area (Å²) in [4.78, 5) is 0. The first-order valence-electron chi connectivity index (χ1n) is 5.40. The summed E-state index contributed by atoms with van der Waals surface area (Å²) in [6.07, 6.45) is 0.144. The van der Waals surface area contributed by atoms with Gasteiger partial charge in [0, 0.05) is 5.56 Å². The van der Waals surface area contributed by atoms with E-state index in [1.165, 1.54) is 0 Å². The minimum atomic E-state index is -0.686. The molecule has 1 unspecified atom stereocenters. The molecule has 3 nitrogen and oxygen atoms in total. The molecule has 17 heavy (non-hydrogen) atoms. The van der Waals surface area contributed by atoms with Gasteiger partial charge in [0.25, 0.3) is 0 Å². The molecule has 0 fully saturated rings. The van der Waals surface area contributed by atoms with Crippen LogP contribution in [-0.4, -0.2) is 16.3 Å². The molecule has 0 saturated carbocycles. The summed E-state index contributed by atoms with van der Waals surface area (Å²) in [6.45, 7) is 3.91. The van der Waals surface area contributed by atoms with Crippen molar-refractivity contribution >= 4 is 24.0 Å². The number of nitrogens with two attached hydrogens (primary N) is 1. The van der Waals surface area contributed by atoms with Crippen LogP contribution < -0.4 is 5.73 Å². The van der Waals surface area contributed by atoms with E-state index in [4.69, 9.17) is 17.3 Å². The van der Waals surface area contributed by atoms with Crippen LogP contribution in [0, 0.1) is 5.92 Å². The molecular weight excluding hydrogens is 261 g/mol. The van der Waals surface area contributed by atoms with Gasteiger partial charge in [0.05, 0.1) is 17.2 Å². The van der Waals surface area contributed by atoms with Crippen LogP contribution in [0.5, 0.6) is 5.75 Å². The Morgan fingerprint density at radius 3 is 2.53 bits per heavy atom. The van der Waals surface area contributed by atoms with E-state index in [-0.39, 0.29) is 29.1 Å². The molecule has 0 aliphatic carbocycles. The molecule has 0 aliphatic heterocycles. The van der Waals surface area contributed by atoms with Crippen LogP contribution in [-0.2, 0) is 0 Å². The Labute approximate surface area is 113 Å². The van der Waals surface area contributed by atoms with E-state index in [1.54, 1.807) is 18.2 Å². The summed E-state index contributed by atoms with van der Waals surface area (Å²) >= 11 is 5.79. The third kappa shape index (κ3) is 3.75. The minimum Gasteiger partial charge on any atom is -0.506 e. The van der Waals surface area contributed by atoms with Crippen LogP contribution in [0.15, 0.2) is 18.2 Å². The van der Waals surface area contributed by atoms with Crippen molar-refractivity contribution in [3.8, 4) is 5.75 Å². The van der Waals surface area contributed by atoms with Crippen LogP contribution in [0.1, 0.15) is 31.9 Å². The maximum absolute atomic E-state index is 9.98. The molecule has 4 N–H and O–H groups in total. The SMILES string of the molecule is CCC(C)[C@@H](O)[C@@H](N)c1cccc(Cl)c1O.Cl. The molecule has 1 aromatic carbocycles. The van der Waals surface area contributed by atoms with Crippen molar-refractivity contribution < 1.29 is 10.2 Å². The largest absolute Gasteiger partial charge is 0.506 e. The van der Waals surface area contributed by atoms with Gasteiger partial charge in [-0.25, -0.2) is 0 Å². The average molecular weight is 280 g/mol. The normalized spacial score (nSPS) is 15.8. The Morgan fingerprint density at radius 1 is 1.41 bits per heavy atom. The smallest absolute Gasteiger partial charge is 0.139 e. The third-order valence-electron chi connectivity index (χ3n) is 2.97. The topological polar surface area (TPSA) is 66.5 Å². The molecule has 1 aromatic rings. The Balaban J connectivity index is 0.00000256. The number of aliphatic hydroxyl groups excluding tert-OH is 1. The third-order valence-corrected chi connectivity index (χ3v) is 3.28. The zero-order valence-corrected chi connectivity index (χ0v) is 11.5. The number of aliphatic hydroxyl groups is 1. The van der Waals surface area contributed by atoms with E-state index < -0.39 is 12.1 Å². The number of rotatable bonds is 4. The summed E-state index contributed by atoms with van der Waals surface area (Å²) in [6, 6.07) is 4.36. The van der Waals surface area contributed by atoms with E-state index in [1.807, 2.05) is 13.8 Å². The standard InChI is InChI=1S/C12H18ClNO2.ClH/c1-3-7(2)11(15)10(14)8-5-4-6-9(13)12(8)16;/h4-7,10-11,15-16H,3,14H2,1-2H3;1H/t7?,10-,11+;/m0./s1. The van der Waals surface area contributed by atoms with Gasteiger partial charge in [-0.2, -0.15) is 0 Å². The number of hydrogen-bond donors (Lipinski definition) is 3. The lowest BCUT2D eigenvalue weighted by molar-refractivity contribution is 0.0871. The summed E-state index contributed by atoms with van der Waals surface area (Å²) < 4.78 is 0. The fourth-order valence-corrected chi connectivity index (χ4v) is 1.76. The highest BCUT2D eigenvalue weighted by Crippen LogP contribution is 2.33. The number of aromatic hydroxyl groups is 1. The van der Waals surface area contributed by atoms with Crippen molar-refractivity contribution in [1.82, 2.24) is 0 Å². The summed E-state index contributed by atoms with van der Waals surface area (Å²) in [5.74, 6) is 0.0346. The highest BCUT2D eigenvalue weighted by Gasteiger charge is 2.24. The zero-order chi connectivity index (χ0) is 12.3. The molecule has 1 rings (SSSR count). The van der Waals surface area contributed by atoms with E-state index >= 15 is 0 Å². The zero-order valence-electron chi connectivity index (χ0n) is 9.93. The van der Waals surface area contributed by atoms with Gasteiger partial charge in [0.1, 0.15) is 5.75 Å². The predicted molar refractivity (Wildman–Crippen MR) is 72.8 cm³/mol. The van der Waals surface area contributed by atoms with Gasteiger partial charge < -0.3 is 15.9 Å². The Morgan fingerprint density at radius 2 is 2.00 bits per heavy atom. The highest BCUT2D eigenvalue weighted by molar-refractivity contribution is 6.32. The first-order chi connectivity index (χ1) is 7.49. The second-order valence-corrected chi connectivity index (χ2v) is 4.49. The molecular formula is C12H19Cl2NO2. The molecule has 0 aromatic heterocycles. The monoisotopic (exact) mass is 279 g/mol. The van der Waals surface area contributed by atoms with E-state index in [9.17, 15) is 10.2 Å². The van der Waals surface area contributed by atoms with Crippen molar-refractivity contribution in [2.75, 3.05) is 0 Å². The molecule has 0 aliphatic rings. The Kier molecular flexibility index (Phi) is 6.87. The lowest BCUT2D eigenvalue weighted by Gasteiger charge is -2.24. The van der Waals surface area contributed by atoms with Crippen molar-refractivity contribution in [3.05, 3.63) is 28.8 Å². The van der Waals surface area contributed by atoms with Gasteiger partial charge in [-0.05, 0) is 12.0 Å². The second kappa shape index (κ2) is 7.07. The quantitative estimate of drug-likeness (QED) is 0.794. The fourth-order valence-electron chi connectivity index (χ4n) is 1.58. The van der Waals surface area contributed by atoms with Gasteiger partial charge in [0.15, 0.2) is 0 Å². The van der Waals surface area contributed by atoms with Crippen molar-refractivity contribution in [3.63, 3.8) is 0 Å². The number of phenolic OH excluding ortho intramolecular Hbond substituents is 1. The van der Waals surface area contributed by atoms with Gasteiger partial charge in [-0.15, -0.1) is 12.4 Å². The van der Waals surface area contributed by atoms with E-state index in [0.29, 0.717) is 5.56 Å². The average Bonchev–Trinajstić information content (AvgIpc) is 2.29. The van der Waals surface area contributed by atoms with Gasteiger partial charge in [0.2, 0.25) is 0 Å². The van der Waals surface area contributed by atoms with Gasteiger partial charge in [-0.1, -0.05) is 44.0 Å². The van der Waals surface area contributed by atoms with E-state index in [2.05, 4.69) is 0 Å². The Hall–Kier alpha value is -0.480. The lowest BCUT2D eigenvalue weighted by atomic mass is 9.91. The van der Waals surface area contributed by atoms with Crippen molar-refractivity contribution in [2.45, 2.75) is 32.4 Å². The van der Waals surface area contributed by atoms with Crippen LogP contribution in [0.3, 0.4) is 0 Å². The maximum atomic E-state index is 9.98. The molecule has 0 spiro atoms. The van der Waals surface area contributed by atoms with Crippen LogP contribution in [0.2, 0.25) is 5.02 Å². The molecule has 0 bridgehead atoms. The highest BCUT2D eigenvalue weighted by atomic mass is 35.5. The van der Waals surface area contributed by atoms with Crippen molar-refractivity contribution in [1.29, 1.82) is 0 Å². The Bertz CT molecular complexity index is 360. The van der Waals surface area contributed by atoms with Crippen LogP contribution in [0.25, 0.3) is 0 Å². The molecule has 0 amide bonds. The van der Waals surface area contributed by atoms with Gasteiger partial charge >= 0.3 is 0 Å². The first kappa shape index (κ1) is 16.5. The molecule has 0 radical (unpaired) electrons. The fraction of sp³-hybridized carbons (Fsp3) is 0.500. The predicted octanol–water partition coefficient (Wildman–Crippen LogP) is 2.87. The minimum absolute atomic E-state index is 0. The first-order valence-corrected chi connectivity index (χ1v) is 5.77. The molecule has 98 valence electrons. The molecule has 5 heteroatoms. The van der Waals surface area contributed by atoms with Gasteiger partial charge in [-0.3, -0.25) is 0 Å². The molecule has 0 heterocycles. The number of para-hydroxylation sites is 1. The number of hydrogen-bond acceptors (Lipinski definition) is 3. The maximum Gasteiger partial charge on any atom is 0.139 e. The second-order valence-electron chi connectivity index (χ2n) is 4.08. The summed E-state index contributed by atoms with van der Waals surface area (Å²) in [5.41, 5.74) is 6.40. The number of halogens is 2.